The Bertz CT molecular complexity index is 1010. The summed E-state index contributed by atoms with van der Waals surface area (Å²) in [5.41, 5.74) is 9.17. The van der Waals surface area contributed by atoms with Crippen molar-refractivity contribution in [2.24, 2.45) is 0 Å². The molecule has 2 heterocycles. The van der Waals surface area contributed by atoms with E-state index in [9.17, 15) is 13.6 Å². The maximum absolute atomic E-state index is 13.9. The van der Waals surface area contributed by atoms with Gasteiger partial charge in [-0.1, -0.05) is 0 Å². The van der Waals surface area contributed by atoms with Crippen LogP contribution in [0.4, 0.5) is 20.2 Å². The molecule has 130 valence electrons. The highest BCUT2D eigenvalue weighted by Gasteiger charge is 2.22. The average Bonchev–Trinajstić information content (AvgIpc) is 2.85. The minimum Gasteiger partial charge on any atom is -0.397 e. The average molecular weight is 426 g/mol. The SMILES string of the molecule is Cc1nc2sc(C(=O)Nc3c(F)cc(F)cc3Br)c(N)c2c(C)c1C. The van der Waals surface area contributed by atoms with Crippen LogP contribution in [0.5, 0.6) is 0 Å². The minimum absolute atomic E-state index is 0.110. The lowest BCUT2D eigenvalue weighted by atomic mass is 10.1. The number of nitrogens with one attached hydrogen (secondary N) is 1. The number of hydrogen-bond acceptors (Lipinski definition) is 4. The topological polar surface area (TPSA) is 68.0 Å². The predicted molar refractivity (Wildman–Crippen MR) is 100 cm³/mol. The Morgan fingerprint density at radius 3 is 2.56 bits per heavy atom. The Labute approximate surface area is 155 Å². The summed E-state index contributed by atoms with van der Waals surface area (Å²) in [6, 6.07) is 1.78. The summed E-state index contributed by atoms with van der Waals surface area (Å²) in [5.74, 6) is -2.18. The molecule has 0 atom stereocenters. The Balaban J connectivity index is 2.07. The van der Waals surface area contributed by atoms with E-state index in [0.717, 1.165) is 39.6 Å². The van der Waals surface area contributed by atoms with Crippen molar-refractivity contribution < 1.29 is 13.6 Å². The third-order valence-corrected chi connectivity index (χ3v) is 5.85. The summed E-state index contributed by atoms with van der Waals surface area (Å²) in [6.07, 6.45) is 0. The lowest BCUT2D eigenvalue weighted by molar-refractivity contribution is 0.103. The highest BCUT2D eigenvalue weighted by Crippen LogP contribution is 2.37. The summed E-state index contributed by atoms with van der Waals surface area (Å²) < 4.78 is 27.2. The van der Waals surface area contributed by atoms with Crippen LogP contribution in [0.1, 0.15) is 26.5 Å². The zero-order chi connectivity index (χ0) is 18.5. The quantitative estimate of drug-likeness (QED) is 0.600. The molecule has 2 aromatic heterocycles. The van der Waals surface area contributed by atoms with Crippen molar-refractivity contribution in [2.75, 3.05) is 11.1 Å². The molecule has 0 radical (unpaired) electrons. The van der Waals surface area contributed by atoms with Crippen LogP contribution in [0.15, 0.2) is 16.6 Å². The lowest BCUT2D eigenvalue weighted by Crippen LogP contribution is -2.13. The van der Waals surface area contributed by atoms with Gasteiger partial charge in [0.1, 0.15) is 15.5 Å². The van der Waals surface area contributed by atoms with Gasteiger partial charge in [-0.15, -0.1) is 11.3 Å². The van der Waals surface area contributed by atoms with E-state index in [4.69, 9.17) is 5.73 Å². The number of rotatable bonds is 2. The number of nitrogens with two attached hydrogens (primary N) is 1. The normalized spacial score (nSPS) is 11.1. The van der Waals surface area contributed by atoms with Crippen molar-refractivity contribution in [2.45, 2.75) is 20.8 Å². The zero-order valence-electron chi connectivity index (χ0n) is 13.6. The number of halogens is 3. The fourth-order valence-electron chi connectivity index (χ4n) is 2.57. The molecule has 4 nitrogen and oxygen atoms in total. The third-order valence-electron chi connectivity index (χ3n) is 4.13. The van der Waals surface area contributed by atoms with Gasteiger partial charge in [-0.05, 0) is 53.9 Å². The van der Waals surface area contributed by atoms with Crippen molar-refractivity contribution in [3.8, 4) is 0 Å². The summed E-state index contributed by atoms with van der Waals surface area (Å²) >= 11 is 4.19. The molecule has 0 aliphatic heterocycles. The number of pyridine rings is 1. The van der Waals surface area contributed by atoms with E-state index in [2.05, 4.69) is 26.2 Å². The van der Waals surface area contributed by atoms with Crippen LogP contribution in [0.25, 0.3) is 10.2 Å². The Morgan fingerprint density at radius 1 is 1.24 bits per heavy atom. The first-order valence-corrected chi connectivity index (χ1v) is 8.93. The monoisotopic (exact) mass is 425 g/mol. The fraction of sp³-hybridized carbons (Fsp3) is 0.176. The molecule has 0 saturated heterocycles. The Morgan fingerprint density at radius 2 is 1.92 bits per heavy atom. The van der Waals surface area contributed by atoms with E-state index in [-0.39, 0.29) is 15.0 Å². The fourth-order valence-corrected chi connectivity index (χ4v) is 4.17. The van der Waals surface area contributed by atoms with Gasteiger partial charge in [0.25, 0.3) is 5.91 Å². The minimum atomic E-state index is -0.874. The van der Waals surface area contributed by atoms with Gasteiger partial charge in [-0.2, -0.15) is 0 Å². The molecule has 0 unspecified atom stereocenters. The molecular formula is C17H14BrF2N3OS. The maximum atomic E-state index is 13.9. The second-order valence-electron chi connectivity index (χ2n) is 5.67. The van der Waals surface area contributed by atoms with Crippen LogP contribution in [-0.4, -0.2) is 10.9 Å². The number of nitrogen functional groups attached to an aromatic ring is 1. The van der Waals surface area contributed by atoms with Crippen LogP contribution in [0.2, 0.25) is 0 Å². The molecule has 0 bridgehead atoms. The van der Waals surface area contributed by atoms with Gasteiger partial charge in [-0.3, -0.25) is 4.79 Å². The molecule has 0 fully saturated rings. The zero-order valence-corrected chi connectivity index (χ0v) is 16.0. The number of carbonyl (C=O) groups is 1. The van der Waals surface area contributed by atoms with Crippen LogP contribution in [0, 0.1) is 32.4 Å². The summed E-state index contributed by atoms with van der Waals surface area (Å²) in [7, 11) is 0. The summed E-state index contributed by atoms with van der Waals surface area (Å²) in [5, 5.41) is 3.18. The van der Waals surface area contributed by atoms with Crippen LogP contribution >= 0.6 is 27.3 Å². The van der Waals surface area contributed by atoms with Crippen molar-refractivity contribution >= 4 is 54.8 Å². The molecule has 0 aliphatic rings. The molecule has 0 saturated carbocycles. The Hall–Kier alpha value is -2.06. The second-order valence-corrected chi connectivity index (χ2v) is 7.52. The molecule has 3 N–H and O–H groups in total. The standard InChI is InChI=1S/C17H14BrF2N3OS/c1-6-7(2)12-13(21)15(25-17(12)22-8(6)3)16(24)23-14-10(18)4-9(19)5-11(14)20/h4-5H,21H2,1-3H3,(H,23,24). The van der Waals surface area contributed by atoms with Crippen molar-refractivity contribution in [3.05, 3.63) is 49.9 Å². The first-order valence-electron chi connectivity index (χ1n) is 7.32. The number of aryl methyl sites for hydroxylation is 2. The lowest BCUT2D eigenvalue weighted by Gasteiger charge is -2.08. The molecule has 0 aliphatic carbocycles. The number of thiophene rings is 1. The van der Waals surface area contributed by atoms with Crippen molar-refractivity contribution in [3.63, 3.8) is 0 Å². The smallest absolute Gasteiger partial charge is 0.268 e. The summed E-state index contributed by atoms with van der Waals surface area (Å²) in [6.45, 7) is 5.76. The van der Waals surface area contributed by atoms with Crippen LogP contribution in [0.3, 0.4) is 0 Å². The van der Waals surface area contributed by atoms with Crippen molar-refractivity contribution in [1.82, 2.24) is 4.98 Å². The molecule has 8 heteroatoms. The highest BCUT2D eigenvalue weighted by atomic mass is 79.9. The number of nitrogens with zero attached hydrogens (tertiary/aromatic N) is 1. The largest absolute Gasteiger partial charge is 0.397 e. The van der Waals surface area contributed by atoms with Crippen molar-refractivity contribution in [1.29, 1.82) is 0 Å². The molecule has 25 heavy (non-hydrogen) atoms. The molecule has 1 amide bonds. The van der Waals surface area contributed by atoms with E-state index in [1.54, 1.807) is 0 Å². The number of hydrogen-bond donors (Lipinski definition) is 2. The van der Waals surface area contributed by atoms with Crippen LogP contribution in [-0.2, 0) is 0 Å². The number of fused-ring (bicyclic) bond motifs is 1. The first kappa shape index (κ1) is 17.8. The molecule has 3 rings (SSSR count). The molecular weight excluding hydrogens is 412 g/mol. The van der Waals surface area contributed by atoms with Gasteiger partial charge in [0.15, 0.2) is 5.82 Å². The van der Waals surface area contributed by atoms with E-state index in [0.29, 0.717) is 16.6 Å². The molecule has 0 spiro atoms. The Kier molecular flexibility index (Phi) is 4.51. The third kappa shape index (κ3) is 3.00. The number of benzene rings is 1. The summed E-state index contributed by atoms with van der Waals surface area (Å²) in [4.78, 5) is 18.0. The van der Waals surface area contributed by atoms with E-state index in [1.165, 1.54) is 0 Å². The van der Waals surface area contributed by atoms with Gasteiger partial charge in [0.05, 0.1) is 11.4 Å². The predicted octanol–water partition coefficient (Wildman–Crippen LogP) is 5.10. The number of aromatic nitrogens is 1. The number of anilines is 2. The van der Waals surface area contributed by atoms with Gasteiger partial charge in [-0.25, -0.2) is 13.8 Å². The van der Waals surface area contributed by atoms with Crippen LogP contribution < -0.4 is 11.1 Å². The van der Waals surface area contributed by atoms with E-state index < -0.39 is 17.5 Å². The maximum Gasteiger partial charge on any atom is 0.268 e. The van der Waals surface area contributed by atoms with Gasteiger partial charge < -0.3 is 11.1 Å². The van der Waals surface area contributed by atoms with E-state index >= 15 is 0 Å². The second kappa shape index (κ2) is 6.34. The molecule has 1 aromatic carbocycles. The first-order chi connectivity index (χ1) is 11.7. The van der Waals surface area contributed by atoms with E-state index in [1.807, 2.05) is 20.8 Å². The van der Waals surface area contributed by atoms with Gasteiger partial charge in [0, 0.05) is 21.6 Å². The molecule has 3 aromatic rings. The van der Waals surface area contributed by atoms with Gasteiger partial charge in [0.2, 0.25) is 0 Å². The highest BCUT2D eigenvalue weighted by molar-refractivity contribution is 9.10. The number of amides is 1. The number of carbonyl (C=O) groups excluding carboxylic acids is 1. The van der Waals surface area contributed by atoms with Gasteiger partial charge >= 0.3 is 0 Å².